The summed E-state index contributed by atoms with van der Waals surface area (Å²) in [5.41, 5.74) is 2.65. The first-order chi connectivity index (χ1) is 14.1. The second-order valence-corrected chi connectivity index (χ2v) is 6.99. The molecule has 0 fully saturated rings. The quantitative estimate of drug-likeness (QED) is 0.317. The number of allylic oxidation sites excluding steroid dienone is 1. The molecule has 0 bridgehead atoms. The van der Waals surface area contributed by atoms with Crippen LogP contribution in [0.15, 0.2) is 62.7 Å². The van der Waals surface area contributed by atoms with Crippen LogP contribution < -0.4 is 5.73 Å². The zero-order valence-corrected chi connectivity index (χ0v) is 17.0. The van der Waals surface area contributed by atoms with Crippen molar-refractivity contribution >= 4 is 44.5 Å². The van der Waals surface area contributed by atoms with Crippen LogP contribution in [-0.4, -0.2) is 17.0 Å². The molecule has 3 aromatic rings. The van der Waals surface area contributed by atoms with Gasteiger partial charge in [0.2, 0.25) is 0 Å². The highest BCUT2D eigenvalue weighted by Gasteiger charge is 2.41. The normalized spacial score (nSPS) is 13.0. The Morgan fingerprint density at radius 1 is 1.17 bits per heavy atom. The highest BCUT2D eigenvalue weighted by atomic mass is 79.9. The molecule has 0 unspecified atom stereocenters. The molecule has 0 saturated heterocycles. The van der Waals surface area contributed by atoms with Gasteiger partial charge in [-0.1, -0.05) is 28.9 Å². The number of aromatic nitrogens is 1. The summed E-state index contributed by atoms with van der Waals surface area (Å²) in [6.45, 7) is 0. The minimum atomic E-state index is -4.99. The highest BCUT2D eigenvalue weighted by Crippen LogP contribution is 2.40. The monoisotopic (exact) mass is 505 g/mol. The van der Waals surface area contributed by atoms with Crippen LogP contribution in [0.5, 0.6) is 0 Å². The van der Waals surface area contributed by atoms with Crippen molar-refractivity contribution in [2.24, 2.45) is 10.7 Å². The summed E-state index contributed by atoms with van der Waals surface area (Å²) in [6, 6.07) is 8.11. The van der Waals surface area contributed by atoms with Crippen LogP contribution in [0, 0.1) is 11.6 Å². The molecule has 2 aromatic carbocycles. The van der Waals surface area contributed by atoms with Crippen molar-refractivity contribution in [2.45, 2.75) is 6.18 Å². The molecule has 0 atom stereocenters. The summed E-state index contributed by atoms with van der Waals surface area (Å²) >= 11 is 9.06. The van der Waals surface area contributed by atoms with Gasteiger partial charge in [0, 0.05) is 6.20 Å². The molecule has 1 aromatic heterocycles. The number of hydrogen-bond donors (Lipinski definition) is 1. The number of nitrogens with zero attached hydrogens (tertiary/aromatic N) is 2. The Morgan fingerprint density at radius 2 is 1.87 bits per heavy atom. The number of hydrogen-bond acceptors (Lipinski definition) is 4. The van der Waals surface area contributed by atoms with Crippen molar-refractivity contribution in [3.63, 3.8) is 0 Å². The predicted molar refractivity (Wildman–Crippen MR) is 106 cm³/mol. The Labute approximate surface area is 180 Å². The Hall–Kier alpha value is -2.72. The zero-order valence-electron chi connectivity index (χ0n) is 14.6. The predicted octanol–water partition coefficient (Wildman–Crippen LogP) is 6.67. The lowest BCUT2D eigenvalue weighted by atomic mass is 10.1. The molecule has 0 aliphatic carbocycles. The van der Waals surface area contributed by atoms with Gasteiger partial charge in [-0.15, -0.1) is 0 Å². The zero-order chi connectivity index (χ0) is 22.1. The first-order valence-corrected chi connectivity index (χ1v) is 9.24. The van der Waals surface area contributed by atoms with Crippen LogP contribution in [-0.2, 0) is 0 Å². The summed E-state index contributed by atoms with van der Waals surface area (Å²) in [4.78, 5) is 3.49. The molecular weight excluding hydrogens is 497 g/mol. The Bertz CT molecular complexity index is 1140. The number of alkyl halides is 3. The number of nitrogens with two attached hydrogens (primary N) is 1. The van der Waals surface area contributed by atoms with Gasteiger partial charge in [0.15, 0.2) is 11.5 Å². The van der Waals surface area contributed by atoms with Crippen LogP contribution in [0.1, 0.15) is 5.76 Å². The molecule has 0 aliphatic rings. The van der Waals surface area contributed by atoms with Gasteiger partial charge in [0.25, 0.3) is 0 Å². The van der Waals surface area contributed by atoms with E-state index in [1.807, 2.05) is 0 Å². The van der Waals surface area contributed by atoms with Gasteiger partial charge in [0.1, 0.15) is 17.3 Å². The second kappa shape index (κ2) is 8.57. The molecule has 30 heavy (non-hydrogen) atoms. The minimum absolute atomic E-state index is 0.0294. The Kier molecular flexibility index (Phi) is 6.27. The van der Waals surface area contributed by atoms with Crippen molar-refractivity contribution in [1.29, 1.82) is 0 Å². The van der Waals surface area contributed by atoms with E-state index in [1.165, 1.54) is 24.3 Å². The van der Waals surface area contributed by atoms with Gasteiger partial charge >= 0.3 is 6.18 Å². The largest absolute Gasteiger partial charge is 0.434 e. The van der Waals surface area contributed by atoms with Crippen LogP contribution >= 0.6 is 27.5 Å². The number of aliphatic imine (C=N–C) groups is 1. The van der Waals surface area contributed by atoms with E-state index in [0.717, 1.165) is 18.2 Å². The smallest absolute Gasteiger partial charge is 0.404 e. The molecule has 1 heterocycles. The van der Waals surface area contributed by atoms with E-state index < -0.39 is 34.9 Å². The average Bonchev–Trinajstić information content (AvgIpc) is 3.02. The third-order valence-electron chi connectivity index (χ3n) is 3.82. The summed E-state index contributed by atoms with van der Waals surface area (Å²) in [7, 11) is 0. The number of benzene rings is 2. The molecule has 2 N–H and O–H groups in total. The molecule has 0 radical (unpaired) electrons. The van der Waals surface area contributed by atoms with E-state index in [1.54, 1.807) is 0 Å². The lowest BCUT2D eigenvalue weighted by Gasteiger charge is -2.12. The van der Waals surface area contributed by atoms with E-state index in [-0.39, 0.29) is 26.4 Å². The molecule has 11 heteroatoms. The summed E-state index contributed by atoms with van der Waals surface area (Å²) < 4.78 is 73.7. The van der Waals surface area contributed by atoms with Gasteiger partial charge in [-0.05, 0) is 46.3 Å². The highest BCUT2D eigenvalue weighted by molar-refractivity contribution is 9.10. The fraction of sp³-hybridized carbons (Fsp3) is 0.0526. The molecule has 0 spiro atoms. The molecule has 3 rings (SSSR count). The SMILES string of the molecule is NC=C(C(=Nc1cccc(F)c1)C(F)(F)F)c1onc(-c2c(F)cccc2Cl)c1Br. The summed E-state index contributed by atoms with van der Waals surface area (Å²) in [5.74, 6) is -1.99. The van der Waals surface area contributed by atoms with E-state index in [4.69, 9.17) is 21.9 Å². The van der Waals surface area contributed by atoms with Crippen molar-refractivity contribution < 1.29 is 26.5 Å². The maximum Gasteiger partial charge on any atom is 0.434 e. The van der Waals surface area contributed by atoms with Gasteiger partial charge in [-0.3, -0.25) is 0 Å². The van der Waals surface area contributed by atoms with Crippen LogP contribution in [0.25, 0.3) is 16.8 Å². The van der Waals surface area contributed by atoms with Gasteiger partial charge < -0.3 is 10.3 Å². The summed E-state index contributed by atoms with van der Waals surface area (Å²) in [5, 5.41) is 3.61. The van der Waals surface area contributed by atoms with Crippen molar-refractivity contribution in [2.75, 3.05) is 0 Å². The fourth-order valence-electron chi connectivity index (χ4n) is 2.54. The third kappa shape index (κ3) is 4.39. The van der Waals surface area contributed by atoms with Crippen LogP contribution in [0.2, 0.25) is 5.02 Å². The lowest BCUT2D eigenvalue weighted by molar-refractivity contribution is -0.0571. The molecular formula is C19H10BrClF5N3O. The minimum Gasteiger partial charge on any atom is -0.404 e. The first-order valence-electron chi connectivity index (χ1n) is 8.07. The Balaban J connectivity index is 2.16. The Morgan fingerprint density at radius 3 is 2.47 bits per heavy atom. The average molecular weight is 507 g/mol. The molecule has 0 aliphatic heterocycles. The van der Waals surface area contributed by atoms with E-state index >= 15 is 0 Å². The topological polar surface area (TPSA) is 64.4 Å². The number of halogens is 7. The van der Waals surface area contributed by atoms with Crippen LogP contribution in [0.3, 0.4) is 0 Å². The van der Waals surface area contributed by atoms with E-state index in [9.17, 15) is 22.0 Å². The second-order valence-electron chi connectivity index (χ2n) is 5.79. The fourth-order valence-corrected chi connectivity index (χ4v) is 3.35. The standard InChI is InChI=1S/C19H10BrClF5N3O/c20-15-16(14-12(21)5-2-6-13(14)23)29-30-17(15)11(8-27)18(19(24,25)26)28-10-4-1-3-9(22)7-10/h1-8H,27H2. The molecule has 0 saturated carbocycles. The van der Waals surface area contributed by atoms with E-state index in [2.05, 4.69) is 26.1 Å². The third-order valence-corrected chi connectivity index (χ3v) is 4.87. The molecule has 156 valence electrons. The van der Waals surface area contributed by atoms with Crippen LogP contribution in [0.4, 0.5) is 27.6 Å². The maximum absolute atomic E-state index is 14.2. The first kappa shape index (κ1) is 22.0. The van der Waals surface area contributed by atoms with Gasteiger partial charge in [-0.2, -0.15) is 13.2 Å². The van der Waals surface area contributed by atoms with Crippen molar-refractivity contribution in [1.82, 2.24) is 5.16 Å². The van der Waals surface area contributed by atoms with Gasteiger partial charge in [0.05, 0.1) is 26.3 Å². The van der Waals surface area contributed by atoms with Crippen molar-refractivity contribution in [3.8, 4) is 11.3 Å². The lowest BCUT2D eigenvalue weighted by Crippen LogP contribution is -2.25. The molecule has 4 nitrogen and oxygen atoms in total. The summed E-state index contributed by atoms with van der Waals surface area (Å²) in [6.07, 6.45) is -4.37. The number of rotatable bonds is 4. The molecule has 0 amide bonds. The maximum atomic E-state index is 14.2. The van der Waals surface area contributed by atoms with Crippen molar-refractivity contribution in [3.05, 3.63) is 75.6 Å². The van der Waals surface area contributed by atoms with E-state index in [0.29, 0.717) is 6.20 Å². The van der Waals surface area contributed by atoms with Gasteiger partial charge in [-0.25, -0.2) is 13.8 Å².